The monoisotopic (exact) mass is 461 g/mol. The van der Waals surface area contributed by atoms with Gasteiger partial charge in [-0.1, -0.05) is 6.92 Å². The zero-order valence-corrected chi connectivity index (χ0v) is 19.8. The molecule has 0 bridgehead atoms. The van der Waals surface area contributed by atoms with Crippen LogP contribution < -0.4 is 16.0 Å². The number of hydrogen-bond acceptors (Lipinski definition) is 5. The molecule has 1 aliphatic carbocycles. The van der Waals surface area contributed by atoms with Gasteiger partial charge >= 0.3 is 0 Å². The first-order valence-electron chi connectivity index (χ1n) is 12.3. The number of nitrogens with zero attached hydrogens (tertiary/aromatic N) is 3. The van der Waals surface area contributed by atoms with Crippen molar-refractivity contribution in [1.29, 1.82) is 0 Å². The zero-order valence-electron chi connectivity index (χ0n) is 19.8. The lowest BCUT2D eigenvalue weighted by atomic mass is 9.76. The highest BCUT2D eigenvalue weighted by Gasteiger charge is 2.28. The van der Waals surface area contributed by atoms with Crippen molar-refractivity contribution in [2.45, 2.75) is 64.0 Å². The van der Waals surface area contributed by atoms with E-state index in [-0.39, 0.29) is 23.7 Å². The van der Waals surface area contributed by atoms with Crippen molar-refractivity contribution in [2.75, 3.05) is 16.8 Å². The van der Waals surface area contributed by atoms with Gasteiger partial charge in [0.2, 0.25) is 0 Å². The van der Waals surface area contributed by atoms with Crippen molar-refractivity contribution in [3.8, 4) is 0 Å². The molecule has 7 heteroatoms. The van der Waals surface area contributed by atoms with Crippen molar-refractivity contribution in [2.24, 2.45) is 11.7 Å². The highest BCUT2D eigenvalue weighted by atomic mass is 19.1. The second-order valence-electron chi connectivity index (χ2n) is 10.1. The molecule has 1 saturated carbocycles. The minimum absolute atomic E-state index is 0.156. The lowest BCUT2D eigenvalue weighted by molar-refractivity contribution is 0.102. The van der Waals surface area contributed by atoms with E-state index in [2.05, 4.69) is 34.0 Å². The lowest BCUT2D eigenvalue weighted by Crippen LogP contribution is -2.31. The van der Waals surface area contributed by atoms with Gasteiger partial charge in [0.1, 0.15) is 5.82 Å². The molecule has 1 aliphatic heterocycles. The lowest BCUT2D eigenvalue weighted by Gasteiger charge is -2.32. The molecule has 3 N–H and O–H groups in total. The third kappa shape index (κ3) is 4.37. The van der Waals surface area contributed by atoms with E-state index >= 15 is 0 Å². The van der Waals surface area contributed by atoms with Gasteiger partial charge in [0, 0.05) is 30.2 Å². The largest absolute Gasteiger partial charge is 0.368 e. The fraction of sp³-hybridized carbons (Fsp3) is 0.444. The minimum Gasteiger partial charge on any atom is -0.368 e. The summed E-state index contributed by atoms with van der Waals surface area (Å²) in [5, 5.41) is 3.39. The Kier molecular flexibility index (Phi) is 6.21. The summed E-state index contributed by atoms with van der Waals surface area (Å²) in [6, 6.07) is 7.19. The van der Waals surface area contributed by atoms with E-state index in [9.17, 15) is 9.18 Å². The predicted octanol–water partition coefficient (Wildman–Crippen LogP) is 5.24. The van der Waals surface area contributed by atoms with Gasteiger partial charge < -0.3 is 16.0 Å². The predicted molar refractivity (Wildman–Crippen MR) is 134 cm³/mol. The molecular weight excluding hydrogens is 429 g/mol. The highest BCUT2D eigenvalue weighted by molar-refractivity contribution is 6.12. The first kappa shape index (κ1) is 22.7. The van der Waals surface area contributed by atoms with E-state index in [1.54, 1.807) is 18.6 Å². The standard InChI is InChI=1S/C27H32FN5O/c1-16-10-18(12-19(29)11-16)21-7-8-30-15-25(21)32-27(34)22-5-6-24(28)23-13-20(14-31-26(22)23)33-9-3-4-17(33)2/h5-8,13-19H,3-4,9-12,29H2,1-2H3,(H,32,34). The molecule has 1 saturated heterocycles. The molecular formula is C27H32FN5O. The Bertz CT molecular complexity index is 1200. The van der Waals surface area contributed by atoms with Gasteiger partial charge in [-0.2, -0.15) is 0 Å². The van der Waals surface area contributed by atoms with Crippen molar-refractivity contribution >= 4 is 28.2 Å². The van der Waals surface area contributed by atoms with Gasteiger partial charge in [0.25, 0.3) is 5.91 Å². The smallest absolute Gasteiger partial charge is 0.257 e. The van der Waals surface area contributed by atoms with Crippen LogP contribution in [0.5, 0.6) is 0 Å². The molecule has 4 atom stereocenters. The summed E-state index contributed by atoms with van der Waals surface area (Å²) in [6.45, 7) is 5.32. The number of benzene rings is 1. The number of nitrogens with one attached hydrogen (secondary N) is 1. The van der Waals surface area contributed by atoms with Crippen LogP contribution in [0.2, 0.25) is 0 Å². The van der Waals surface area contributed by atoms with Crippen molar-refractivity contribution in [3.05, 3.63) is 59.8 Å². The molecule has 3 aromatic rings. The molecule has 3 heterocycles. The maximum absolute atomic E-state index is 14.8. The summed E-state index contributed by atoms with van der Waals surface area (Å²) in [5.74, 6) is 0.107. The topological polar surface area (TPSA) is 84.1 Å². The Labute approximate surface area is 199 Å². The maximum atomic E-state index is 14.8. The van der Waals surface area contributed by atoms with Crippen LogP contribution in [0.25, 0.3) is 10.9 Å². The summed E-state index contributed by atoms with van der Waals surface area (Å²) in [5.41, 5.74) is 9.63. The van der Waals surface area contributed by atoms with Gasteiger partial charge in [-0.05, 0) is 80.7 Å². The number of pyridine rings is 2. The minimum atomic E-state index is -0.375. The third-order valence-electron chi connectivity index (χ3n) is 7.43. The number of anilines is 2. The van der Waals surface area contributed by atoms with Gasteiger partial charge in [-0.25, -0.2) is 4.39 Å². The van der Waals surface area contributed by atoms with E-state index in [4.69, 9.17) is 5.73 Å². The van der Waals surface area contributed by atoms with Crippen LogP contribution in [0.3, 0.4) is 0 Å². The summed E-state index contributed by atoms with van der Waals surface area (Å²) in [7, 11) is 0. The maximum Gasteiger partial charge on any atom is 0.257 e. The van der Waals surface area contributed by atoms with E-state index in [1.807, 2.05) is 12.1 Å². The Morgan fingerprint density at radius 3 is 2.79 bits per heavy atom. The average Bonchev–Trinajstić information content (AvgIpc) is 3.24. The van der Waals surface area contributed by atoms with Crippen LogP contribution in [0.15, 0.2) is 42.9 Å². The molecule has 2 aromatic heterocycles. The number of halogens is 1. The molecule has 178 valence electrons. The Morgan fingerprint density at radius 2 is 2.03 bits per heavy atom. The Morgan fingerprint density at radius 1 is 1.18 bits per heavy atom. The molecule has 2 fully saturated rings. The van der Waals surface area contributed by atoms with Gasteiger partial charge in [0.05, 0.1) is 34.8 Å². The van der Waals surface area contributed by atoms with Crippen LogP contribution >= 0.6 is 0 Å². The van der Waals surface area contributed by atoms with E-state index in [1.165, 1.54) is 12.1 Å². The normalized spacial score (nSPS) is 25.0. The summed E-state index contributed by atoms with van der Waals surface area (Å²) < 4.78 is 14.8. The number of rotatable bonds is 4. The number of aromatic nitrogens is 2. The molecule has 1 aromatic carbocycles. The van der Waals surface area contributed by atoms with Gasteiger partial charge in [0.15, 0.2) is 0 Å². The van der Waals surface area contributed by atoms with Crippen molar-refractivity contribution < 1.29 is 9.18 Å². The highest BCUT2D eigenvalue weighted by Crippen LogP contribution is 2.38. The molecule has 34 heavy (non-hydrogen) atoms. The van der Waals surface area contributed by atoms with E-state index in [0.717, 1.165) is 49.9 Å². The third-order valence-corrected chi connectivity index (χ3v) is 7.43. The van der Waals surface area contributed by atoms with Crippen LogP contribution in [0, 0.1) is 11.7 Å². The molecule has 0 spiro atoms. The molecule has 1 amide bonds. The fourth-order valence-electron chi connectivity index (χ4n) is 5.80. The first-order valence-corrected chi connectivity index (χ1v) is 12.3. The second kappa shape index (κ2) is 9.29. The number of carbonyl (C=O) groups excluding carboxylic acids is 1. The average molecular weight is 462 g/mol. The fourth-order valence-corrected chi connectivity index (χ4v) is 5.80. The number of amides is 1. The number of nitrogens with two attached hydrogens (primary N) is 1. The van der Waals surface area contributed by atoms with E-state index < -0.39 is 0 Å². The summed E-state index contributed by atoms with van der Waals surface area (Å²) in [4.78, 5) is 24.4. The van der Waals surface area contributed by atoms with Crippen LogP contribution in [0.1, 0.15) is 67.8 Å². The Hall–Kier alpha value is -3.06. The SMILES string of the molecule is CC1CC(N)CC(c2ccncc2NC(=O)c2ccc(F)c3cc(N4CCCC4C)cnc23)C1. The van der Waals surface area contributed by atoms with Crippen molar-refractivity contribution in [3.63, 3.8) is 0 Å². The van der Waals surface area contributed by atoms with Gasteiger partial charge in [-0.15, -0.1) is 0 Å². The molecule has 2 aliphatic rings. The van der Waals surface area contributed by atoms with Crippen LogP contribution in [0.4, 0.5) is 15.8 Å². The van der Waals surface area contributed by atoms with Gasteiger partial charge in [-0.3, -0.25) is 14.8 Å². The zero-order chi connectivity index (χ0) is 23.8. The summed E-state index contributed by atoms with van der Waals surface area (Å²) >= 11 is 0. The molecule has 6 nitrogen and oxygen atoms in total. The van der Waals surface area contributed by atoms with Crippen LogP contribution in [-0.2, 0) is 0 Å². The quantitative estimate of drug-likeness (QED) is 0.555. The molecule has 4 unspecified atom stereocenters. The number of fused-ring (bicyclic) bond motifs is 1. The first-order chi connectivity index (χ1) is 16.4. The Balaban J connectivity index is 1.45. The molecule has 0 radical (unpaired) electrons. The molecule has 5 rings (SSSR count). The number of carbonyl (C=O) groups is 1. The second-order valence-corrected chi connectivity index (χ2v) is 10.1. The van der Waals surface area contributed by atoms with Crippen molar-refractivity contribution in [1.82, 2.24) is 9.97 Å². The number of hydrogen-bond donors (Lipinski definition) is 2. The summed E-state index contributed by atoms with van der Waals surface area (Å²) in [6.07, 6.45) is 10.4. The van der Waals surface area contributed by atoms with Crippen LogP contribution in [-0.4, -0.2) is 34.5 Å². The van der Waals surface area contributed by atoms with E-state index in [0.29, 0.717) is 34.1 Å².